The smallest absolute Gasteiger partial charge is 0.335 e. The number of hydrogen-bond acceptors (Lipinski definition) is 7. The van der Waals surface area contributed by atoms with E-state index in [4.69, 9.17) is 11.6 Å². The molecule has 36 heavy (non-hydrogen) atoms. The largest absolute Gasteiger partial charge is 0.478 e. The Balaban J connectivity index is 1.60. The summed E-state index contributed by atoms with van der Waals surface area (Å²) in [6.07, 6.45) is 0.524. The van der Waals surface area contributed by atoms with E-state index in [0.717, 1.165) is 5.56 Å². The zero-order valence-electron chi connectivity index (χ0n) is 18.6. The first-order chi connectivity index (χ1) is 17.3. The lowest BCUT2D eigenvalue weighted by molar-refractivity contribution is -0.387. The molecule has 0 saturated heterocycles. The van der Waals surface area contributed by atoms with Crippen LogP contribution in [0.1, 0.15) is 39.9 Å². The van der Waals surface area contributed by atoms with E-state index in [2.05, 4.69) is 5.32 Å². The molecule has 0 aromatic heterocycles. The lowest BCUT2D eigenvalue weighted by atomic mass is 9.76. The van der Waals surface area contributed by atoms with E-state index >= 15 is 0 Å². The highest BCUT2D eigenvalue weighted by atomic mass is 35.5. The number of fused-ring (bicyclic) bond motifs is 3. The van der Waals surface area contributed by atoms with Gasteiger partial charge in [0.15, 0.2) is 0 Å². The average molecular weight is 526 g/mol. The van der Waals surface area contributed by atoms with E-state index in [9.17, 15) is 30.1 Å². The number of rotatable bonds is 6. The van der Waals surface area contributed by atoms with Crippen molar-refractivity contribution in [3.63, 3.8) is 0 Å². The second-order valence-corrected chi connectivity index (χ2v) is 10.6. The number of halogens is 1. The van der Waals surface area contributed by atoms with Crippen molar-refractivity contribution in [2.45, 2.75) is 33.9 Å². The van der Waals surface area contributed by atoms with E-state index < -0.39 is 27.2 Å². The van der Waals surface area contributed by atoms with Crippen molar-refractivity contribution < 1.29 is 19.7 Å². The number of hydrogen-bond donors (Lipinski definition) is 2. The Hall–Kier alpha value is -3.63. The van der Waals surface area contributed by atoms with Crippen LogP contribution in [0.15, 0.2) is 71.6 Å². The third-order valence-electron chi connectivity index (χ3n) is 6.87. The average Bonchev–Trinajstić information content (AvgIpc) is 3.19. The predicted octanol–water partition coefficient (Wildman–Crippen LogP) is 6.24. The molecule has 1 heterocycles. The third-order valence-corrected chi connectivity index (χ3v) is 8.98. The lowest BCUT2D eigenvalue weighted by Crippen LogP contribution is -2.31. The maximum Gasteiger partial charge on any atom is 0.335 e. The van der Waals surface area contributed by atoms with Crippen LogP contribution < -0.4 is 5.32 Å². The number of nitro benzene ring substituents is 2. The molecule has 0 amide bonds. The molecule has 1 aliphatic carbocycles. The van der Waals surface area contributed by atoms with Crippen molar-refractivity contribution in [2.24, 2.45) is 5.92 Å². The molecule has 2 aliphatic rings. The maximum atomic E-state index is 11.8. The van der Waals surface area contributed by atoms with Gasteiger partial charge >= 0.3 is 5.97 Å². The topological polar surface area (TPSA) is 136 Å². The Morgan fingerprint density at radius 1 is 0.972 bits per heavy atom. The molecule has 1 saturated carbocycles. The molecular weight excluding hydrogens is 506 g/mol. The van der Waals surface area contributed by atoms with Gasteiger partial charge in [0, 0.05) is 29.0 Å². The molecule has 0 spiro atoms. The Kier molecular flexibility index (Phi) is 6.31. The van der Waals surface area contributed by atoms with Crippen molar-refractivity contribution in [2.75, 3.05) is 5.32 Å². The first-order valence-corrected chi connectivity index (χ1v) is 12.5. The van der Waals surface area contributed by atoms with Crippen molar-refractivity contribution in [1.82, 2.24) is 0 Å². The third kappa shape index (κ3) is 4.16. The number of alkyl halides is 1. The molecule has 3 aromatic carbocycles. The number of nitrogens with zero attached hydrogens (tertiary/aromatic N) is 2. The monoisotopic (exact) mass is 525 g/mol. The first kappa shape index (κ1) is 24.1. The zero-order chi connectivity index (χ0) is 25.6. The number of carboxylic acid groups (broad SMARTS) is 1. The molecule has 1 aliphatic heterocycles. The summed E-state index contributed by atoms with van der Waals surface area (Å²) in [4.78, 5) is 34.7. The molecule has 5 atom stereocenters. The summed E-state index contributed by atoms with van der Waals surface area (Å²) in [7, 11) is 0. The molecule has 11 heteroatoms. The molecular formula is C25H20ClN3O6S. The summed E-state index contributed by atoms with van der Waals surface area (Å²) < 4.78 is 0. The van der Waals surface area contributed by atoms with Crippen LogP contribution in [-0.4, -0.2) is 31.5 Å². The highest BCUT2D eigenvalue weighted by Gasteiger charge is 2.51. The minimum atomic E-state index is -1.06. The normalized spacial score (nSPS) is 24.3. The number of nitrogens with one attached hydrogen (secondary N) is 1. The Morgan fingerprint density at radius 3 is 2.33 bits per heavy atom. The van der Waals surface area contributed by atoms with Crippen molar-refractivity contribution in [3.05, 3.63) is 104 Å². The predicted molar refractivity (Wildman–Crippen MR) is 136 cm³/mol. The van der Waals surface area contributed by atoms with Crippen LogP contribution in [0.25, 0.3) is 0 Å². The second-order valence-electron chi connectivity index (χ2n) is 8.80. The van der Waals surface area contributed by atoms with Gasteiger partial charge in [-0.2, -0.15) is 0 Å². The van der Waals surface area contributed by atoms with Gasteiger partial charge in [-0.15, -0.1) is 23.4 Å². The number of carboxylic acids is 1. The highest BCUT2D eigenvalue weighted by molar-refractivity contribution is 8.00. The Morgan fingerprint density at radius 2 is 1.64 bits per heavy atom. The number of para-hydroxylation sites is 2. The number of benzene rings is 3. The zero-order valence-corrected chi connectivity index (χ0v) is 20.2. The molecule has 2 N–H and O–H groups in total. The number of carbonyl (C=O) groups is 1. The number of thioether (sulfide) groups is 1. The summed E-state index contributed by atoms with van der Waals surface area (Å²) in [6, 6.07) is 17.3. The molecule has 0 radical (unpaired) electrons. The summed E-state index contributed by atoms with van der Waals surface area (Å²) in [5, 5.41) is 35.6. The quantitative estimate of drug-likeness (QED) is 0.219. The molecule has 1 fully saturated rings. The van der Waals surface area contributed by atoms with Crippen LogP contribution in [0, 0.1) is 26.1 Å². The molecule has 9 nitrogen and oxygen atoms in total. The summed E-state index contributed by atoms with van der Waals surface area (Å²) >= 11 is 8.37. The fourth-order valence-electron chi connectivity index (χ4n) is 5.34. The van der Waals surface area contributed by atoms with Crippen molar-refractivity contribution in [3.8, 4) is 0 Å². The first-order valence-electron chi connectivity index (χ1n) is 11.2. The fourth-order valence-corrected chi connectivity index (χ4v) is 7.29. The van der Waals surface area contributed by atoms with E-state index in [1.54, 1.807) is 48.5 Å². The van der Waals surface area contributed by atoms with E-state index in [1.165, 1.54) is 30.0 Å². The van der Waals surface area contributed by atoms with Gasteiger partial charge in [-0.05, 0) is 42.2 Å². The minimum Gasteiger partial charge on any atom is -0.478 e. The number of anilines is 1. The van der Waals surface area contributed by atoms with Gasteiger partial charge in [-0.1, -0.05) is 30.3 Å². The van der Waals surface area contributed by atoms with Gasteiger partial charge in [0.05, 0.1) is 37.3 Å². The van der Waals surface area contributed by atoms with Gasteiger partial charge < -0.3 is 10.4 Å². The van der Waals surface area contributed by atoms with Crippen LogP contribution in [0.2, 0.25) is 0 Å². The molecule has 184 valence electrons. The molecule has 5 rings (SSSR count). The van der Waals surface area contributed by atoms with Crippen molar-refractivity contribution in [1.29, 1.82) is 0 Å². The van der Waals surface area contributed by atoms with Crippen LogP contribution in [0.4, 0.5) is 17.1 Å². The maximum absolute atomic E-state index is 11.8. The van der Waals surface area contributed by atoms with Gasteiger partial charge in [0.2, 0.25) is 0 Å². The summed E-state index contributed by atoms with van der Waals surface area (Å²) in [5.41, 5.74) is 2.03. The molecule has 3 aromatic rings. The fraction of sp³-hybridized carbons (Fsp3) is 0.240. The minimum absolute atomic E-state index is 0.0109. The summed E-state index contributed by atoms with van der Waals surface area (Å²) in [5.74, 6) is -1.58. The van der Waals surface area contributed by atoms with Gasteiger partial charge in [-0.3, -0.25) is 20.2 Å². The van der Waals surface area contributed by atoms with E-state index in [0.29, 0.717) is 22.6 Å². The van der Waals surface area contributed by atoms with E-state index in [-0.39, 0.29) is 34.0 Å². The van der Waals surface area contributed by atoms with Crippen LogP contribution in [-0.2, 0) is 0 Å². The van der Waals surface area contributed by atoms with Crippen LogP contribution >= 0.6 is 23.4 Å². The van der Waals surface area contributed by atoms with Gasteiger partial charge in [0.25, 0.3) is 11.4 Å². The highest BCUT2D eigenvalue weighted by Crippen LogP contribution is 2.58. The Bertz CT molecular complexity index is 1390. The van der Waals surface area contributed by atoms with Crippen molar-refractivity contribution >= 4 is 46.4 Å². The number of aromatic carboxylic acids is 1. The Labute approximate surface area is 214 Å². The summed E-state index contributed by atoms with van der Waals surface area (Å²) in [6.45, 7) is 0. The van der Waals surface area contributed by atoms with Crippen LogP contribution in [0.3, 0.4) is 0 Å². The molecule has 0 bridgehead atoms. The second kappa shape index (κ2) is 9.44. The van der Waals surface area contributed by atoms with Gasteiger partial charge in [0.1, 0.15) is 0 Å². The number of nitro groups is 2. The standard InChI is InChI=1S/C25H20ClN3O6S/c26-23-21(36-20-8-4-3-7-19(20)29(34)35)12-16-22(23)15-11-13(25(30)31)9-10-17(15)27-24(16)14-5-1-2-6-18(14)28(32)33/h1-11,16,21-24,27H,12H2,(H,30,31)/t16-,21-,22+,23-,24-/m1/s1. The van der Waals surface area contributed by atoms with Gasteiger partial charge in [-0.25, -0.2) is 4.79 Å². The van der Waals surface area contributed by atoms with E-state index in [1.807, 2.05) is 0 Å². The molecule has 0 unspecified atom stereocenters. The lowest BCUT2D eigenvalue weighted by Gasteiger charge is -2.38. The SMILES string of the molecule is O=C(O)c1ccc2c(c1)[C@@H]1[C@H](Cl)[C@H](Sc3ccccc3[N+](=O)[O-])C[C@H]1[C@@H](c1ccccc1[N+](=O)[O-])N2. The van der Waals surface area contributed by atoms with Crippen LogP contribution in [0.5, 0.6) is 0 Å².